The number of ether oxygens (including phenoxy) is 3. The molecule has 2 heterocycles. The lowest BCUT2D eigenvalue weighted by molar-refractivity contribution is -0.123. The van der Waals surface area contributed by atoms with Crippen LogP contribution in [0.5, 0.6) is 17.2 Å². The third-order valence-electron chi connectivity index (χ3n) is 6.78. The highest BCUT2D eigenvalue weighted by atomic mass is 19.1. The number of rotatable bonds is 10. The van der Waals surface area contributed by atoms with Crippen molar-refractivity contribution in [1.29, 1.82) is 0 Å². The number of nitrogens with zero attached hydrogens (tertiary/aromatic N) is 1. The molecule has 10 nitrogen and oxygen atoms in total. The molecule has 0 spiro atoms. The first-order chi connectivity index (χ1) is 18.9. The van der Waals surface area contributed by atoms with E-state index in [-0.39, 0.29) is 31.0 Å². The number of methoxy groups -OCH3 is 1. The van der Waals surface area contributed by atoms with Crippen LogP contribution in [-0.4, -0.2) is 60.0 Å². The Balaban J connectivity index is 1.63. The van der Waals surface area contributed by atoms with Crippen LogP contribution in [0.1, 0.15) is 42.4 Å². The van der Waals surface area contributed by atoms with Gasteiger partial charge in [-0.3, -0.25) is 9.59 Å². The zero-order valence-corrected chi connectivity index (χ0v) is 22.7. The summed E-state index contributed by atoms with van der Waals surface area (Å²) in [6.45, 7) is 4.49. The lowest BCUT2D eigenvalue weighted by Gasteiger charge is -2.26. The van der Waals surface area contributed by atoms with Crippen molar-refractivity contribution in [2.24, 2.45) is 5.73 Å². The highest BCUT2D eigenvalue weighted by Crippen LogP contribution is 2.45. The van der Waals surface area contributed by atoms with E-state index >= 15 is 0 Å². The van der Waals surface area contributed by atoms with Gasteiger partial charge in [-0.15, -0.1) is 0 Å². The fourth-order valence-corrected chi connectivity index (χ4v) is 4.25. The molecule has 0 saturated carbocycles. The lowest BCUT2D eigenvalue weighted by Crippen LogP contribution is -2.41. The predicted molar refractivity (Wildman–Crippen MR) is 144 cm³/mol. The van der Waals surface area contributed by atoms with Gasteiger partial charge in [-0.25, -0.2) is 9.37 Å². The second-order valence-corrected chi connectivity index (χ2v) is 10.2. The Morgan fingerprint density at radius 3 is 2.55 bits per heavy atom. The van der Waals surface area contributed by atoms with Crippen molar-refractivity contribution in [3.63, 3.8) is 0 Å². The van der Waals surface area contributed by atoms with Crippen molar-refractivity contribution in [3.8, 4) is 28.5 Å². The summed E-state index contributed by atoms with van der Waals surface area (Å²) in [5.74, 6) is -0.561. The Kier molecular flexibility index (Phi) is 7.99. The van der Waals surface area contributed by atoms with Crippen LogP contribution in [0.25, 0.3) is 11.3 Å². The Morgan fingerprint density at radius 2 is 1.93 bits per heavy atom. The van der Waals surface area contributed by atoms with Crippen LogP contribution in [-0.2, 0) is 15.8 Å². The summed E-state index contributed by atoms with van der Waals surface area (Å²) >= 11 is 0. The summed E-state index contributed by atoms with van der Waals surface area (Å²) in [6.07, 6.45) is -0.682. The van der Waals surface area contributed by atoms with Crippen LogP contribution in [0.4, 0.5) is 4.39 Å². The summed E-state index contributed by atoms with van der Waals surface area (Å²) < 4.78 is 30.3. The number of benzene rings is 2. The van der Waals surface area contributed by atoms with E-state index in [1.54, 1.807) is 26.0 Å². The monoisotopic (exact) mass is 553 g/mol. The molecule has 1 aromatic heterocycles. The molecule has 0 unspecified atom stereocenters. The van der Waals surface area contributed by atoms with Gasteiger partial charge in [0.25, 0.3) is 5.91 Å². The maximum atomic E-state index is 13.6. The standard InChI is InChI=1S/C29H32FN3O7/c1-16(34)13-39-21-10-7-18(11-22(21)38-4)26(35)32-14-29(3,37)23-12-20-25(40-15-28(20,2)27(31)36)24(33-23)17-5-8-19(30)9-6-17/h5-12,16,34,37H,13-15H2,1-4H3,(H2,31,36)(H,32,35)/t16-,28+,29+/m1/s1. The molecule has 0 aliphatic carbocycles. The minimum atomic E-state index is -1.69. The molecule has 3 atom stereocenters. The molecular weight excluding hydrogens is 521 g/mol. The molecule has 40 heavy (non-hydrogen) atoms. The normalized spacial score (nSPS) is 18.2. The second-order valence-electron chi connectivity index (χ2n) is 10.2. The number of primary amides is 1. The molecule has 3 aromatic rings. The highest BCUT2D eigenvalue weighted by molar-refractivity contribution is 5.95. The Hall–Kier alpha value is -4.22. The van der Waals surface area contributed by atoms with Crippen LogP contribution < -0.4 is 25.3 Å². The zero-order chi connectivity index (χ0) is 29.2. The smallest absolute Gasteiger partial charge is 0.251 e. The van der Waals surface area contributed by atoms with Crippen LogP contribution in [0.3, 0.4) is 0 Å². The summed E-state index contributed by atoms with van der Waals surface area (Å²) in [5.41, 5.74) is 4.49. The van der Waals surface area contributed by atoms with Crippen molar-refractivity contribution >= 4 is 11.8 Å². The number of carbonyl (C=O) groups is 2. The molecule has 2 aromatic carbocycles. The summed E-state index contributed by atoms with van der Waals surface area (Å²) in [6, 6.07) is 11.7. The minimum Gasteiger partial charge on any atom is -0.493 e. The van der Waals surface area contributed by atoms with Gasteiger partial charge >= 0.3 is 0 Å². The first-order valence-electron chi connectivity index (χ1n) is 12.6. The molecule has 2 amide bonds. The van der Waals surface area contributed by atoms with Crippen LogP contribution in [0, 0.1) is 5.82 Å². The van der Waals surface area contributed by atoms with Crippen molar-refractivity contribution in [1.82, 2.24) is 10.3 Å². The number of amides is 2. The van der Waals surface area contributed by atoms with Gasteiger partial charge in [0, 0.05) is 16.7 Å². The fourth-order valence-electron chi connectivity index (χ4n) is 4.25. The van der Waals surface area contributed by atoms with E-state index in [2.05, 4.69) is 10.3 Å². The van der Waals surface area contributed by atoms with Crippen LogP contribution in [0.15, 0.2) is 48.5 Å². The number of aliphatic hydroxyl groups excluding tert-OH is 1. The van der Waals surface area contributed by atoms with Gasteiger partial charge in [-0.2, -0.15) is 0 Å². The van der Waals surface area contributed by atoms with E-state index in [0.29, 0.717) is 34.1 Å². The van der Waals surface area contributed by atoms with Gasteiger partial charge in [-0.05, 0) is 69.3 Å². The SMILES string of the molecule is COc1cc(C(=O)NC[C@](C)(O)c2cc3c(c(-c4ccc(F)cc4)n2)OC[C@]3(C)C(N)=O)ccc1OC[C@@H](C)O. The Labute approximate surface area is 230 Å². The Bertz CT molecular complexity index is 1430. The third-order valence-corrected chi connectivity index (χ3v) is 6.78. The molecule has 212 valence electrons. The molecule has 4 rings (SSSR count). The van der Waals surface area contributed by atoms with E-state index in [1.807, 2.05) is 0 Å². The molecule has 0 bridgehead atoms. The second kappa shape index (κ2) is 11.1. The highest BCUT2D eigenvalue weighted by Gasteiger charge is 2.45. The first-order valence-corrected chi connectivity index (χ1v) is 12.6. The number of nitrogens with two attached hydrogens (primary N) is 1. The maximum absolute atomic E-state index is 13.6. The number of nitrogens with one attached hydrogen (secondary N) is 1. The number of pyridine rings is 1. The minimum absolute atomic E-state index is 0.0192. The zero-order valence-electron chi connectivity index (χ0n) is 22.7. The van der Waals surface area contributed by atoms with Gasteiger partial charge < -0.3 is 35.5 Å². The number of halogens is 1. The Morgan fingerprint density at radius 1 is 1.23 bits per heavy atom. The molecular formula is C29H32FN3O7. The van der Waals surface area contributed by atoms with Crippen LogP contribution >= 0.6 is 0 Å². The molecule has 1 aliphatic heterocycles. The van der Waals surface area contributed by atoms with Gasteiger partial charge in [0.05, 0.1) is 25.5 Å². The molecule has 1 aliphatic rings. The van der Waals surface area contributed by atoms with Gasteiger partial charge in [-0.1, -0.05) is 0 Å². The average molecular weight is 554 g/mol. The number of hydrogen-bond acceptors (Lipinski definition) is 8. The third kappa shape index (κ3) is 5.70. The molecule has 11 heteroatoms. The van der Waals surface area contributed by atoms with E-state index in [4.69, 9.17) is 19.9 Å². The molecule has 0 saturated heterocycles. The summed E-state index contributed by atoms with van der Waals surface area (Å²) in [7, 11) is 1.43. The number of aliphatic hydroxyl groups is 2. The molecule has 0 radical (unpaired) electrons. The predicted octanol–water partition coefficient (Wildman–Crippen LogP) is 2.43. The quantitative estimate of drug-likeness (QED) is 0.299. The van der Waals surface area contributed by atoms with E-state index < -0.39 is 34.8 Å². The van der Waals surface area contributed by atoms with Crippen molar-refractivity contribution in [3.05, 3.63) is 71.2 Å². The van der Waals surface area contributed by atoms with Crippen LogP contribution in [0.2, 0.25) is 0 Å². The van der Waals surface area contributed by atoms with E-state index in [0.717, 1.165) is 0 Å². The number of aromatic nitrogens is 1. The largest absolute Gasteiger partial charge is 0.493 e. The molecule has 5 N–H and O–H groups in total. The summed E-state index contributed by atoms with van der Waals surface area (Å²) in [4.78, 5) is 30.0. The van der Waals surface area contributed by atoms with Crippen molar-refractivity contribution in [2.75, 3.05) is 26.9 Å². The van der Waals surface area contributed by atoms with Gasteiger partial charge in [0.15, 0.2) is 11.5 Å². The number of fused-ring (bicyclic) bond motifs is 1. The van der Waals surface area contributed by atoms with Crippen molar-refractivity contribution < 1.29 is 38.4 Å². The van der Waals surface area contributed by atoms with Gasteiger partial charge in [0.1, 0.15) is 41.5 Å². The number of carbonyl (C=O) groups excluding carboxylic acids is 2. The average Bonchev–Trinajstić information content (AvgIpc) is 3.28. The maximum Gasteiger partial charge on any atom is 0.251 e. The molecule has 0 fully saturated rings. The summed E-state index contributed by atoms with van der Waals surface area (Å²) in [5, 5.41) is 23.6. The lowest BCUT2D eigenvalue weighted by atomic mass is 9.82. The topological polar surface area (TPSA) is 153 Å². The van der Waals surface area contributed by atoms with E-state index in [1.165, 1.54) is 50.4 Å². The first kappa shape index (κ1) is 28.8. The van der Waals surface area contributed by atoms with Crippen molar-refractivity contribution in [2.45, 2.75) is 37.9 Å². The van der Waals surface area contributed by atoms with Gasteiger partial charge in [0.2, 0.25) is 5.91 Å². The number of hydrogen-bond donors (Lipinski definition) is 4. The fraction of sp³-hybridized carbons (Fsp3) is 0.345. The van der Waals surface area contributed by atoms with E-state index in [9.17, 15) is 24.2 Å².